The zero-order valence-corrected chi connectivity index (χ0v) is 6.85. The summed E-state index contributed by atoms with van der Waals surface area (Å²) in [6.45, 7) is 1.98. The van der Waals surface area contributed by atoms with Gasteiger partial charge in [0.15, 0.2) is 0 Å². The molecule has 0 saturated carbocycles. The summed E-state index contributed by atoms with van der Waals surface area (Å²) >= 11 is 0. The highest BCUT2D eigenvalue weighted by molar-refractivity contribution is 5.85. The highest BCUT2D eigenvalue weighted by Gasteiger charge is 1.97. The van der Waals surface area contributed by atoms with Crippen LogP contribution in [0.2, 0.25) is 0 Å². The van der Waals surface area contributed by atoms with Crippen molar-refractivity contribution in [3.05, 3.63) is 24.2 Å². The smallest absolute Gasteiger partial charge is 0.0954 e. The van der Waals surface area contributed by atoms with E-state index in [1.807, 2.05) is 19.2 Å². The first-order valence-electron chi connectivity index (χ1n) is 3.12. The standard InChI is InChI=1S/C7H7N3.ClH/c1-5-6-4-8-3-2-7(6)10-9-5;/h2-4H,1H3,(H,9,10);1H. The number of nitrogens with zero attached hydrogens (tertiary/aromatic N) is 2. The quantitative estimate of drug-likeness (QED) is 0.652. The Morgan fingerprint density at radius 3 is 3.00 bits per heavy atom. The van der Waals surface area contributed by atoms with Crippen molar-refractivity contribution in [1.29, 1.82) is 0 Å². The molecule has 0 atom stereocenters. The molecule has 2 aromatic rings. The lowest BCUT2D eigenvalue weighted by Gasteiger charge is -1.83. The second kappa shape index (κ2) is 2.88. The van der Waals surface area contributed by atoms with Crippen LogP contribution >= 0.6 is 12.4 Å². The van der Waals surface area contributed by atoms with Crippen molar-refractivity contribution in [1.82, 2.24) is 15.2 Å². The topological polar surface area (TPSA) is 41.6 Å². The molecule has 0 radical (unpaired) electrons. The van der Waals surface area contributed by atoms with Crippen LogP contribution in [0.4, 0.5) is 0 Å². The van der Waals surface area contributed by atoms with Gasteiger partial charge in [-0.2, -0.15) is 5.10 Å². The highest BCUT2D eigenvalue weighted by atomic mass is 35.5. The predicted molar refractivity (Wildman–Crippen MR) is 45.9 cm³/mol. The summed E-state index contributed by atoms with van der Waals surface area (Å²) in [5, 5.41) is 8.04. The maximum absolute atomic E-state index is 4.05. The lowest BCUT2D eigenvalue weighted by molar-refractivity contribution is 1.07. The molecule has 2 aromatic heterocycles. The first kappa shape index (κ1) is 8.01. The van der Waals surface area contributed by atoms with Crippen LogP contribution < -0.4 is 0 Å². The van der Waals surface area contributed by atoms with Crippen molar-refractivity contribution in [3.63, 3.8) is 0 Å². The van der Waals surface area contributed by atoms with Gasteiger partial charge in [0.25, 0.3) is 0 Å². The van der Waals surface area contributed by atoms with Gasteiger partial charge in [0, 0.05) is 23.5 Å². The predicted octanol–water partition coefficient (Wildman–Crippen LogP) is 1.69. The molecule has 1 N–H and O–H groups in total. The molecule has 0 unspecified atom stereocenters. The molecule has 2 heterocycles. The minimum absolute atomic E-state index is 0. The van der Waals surface area contributed by atoms with Crippen LogP contribution in [0.15, 0.2) is 18.5 Å². The second-order valence-electron chi connectivity index (χ2n) is 2.24. The van der Waals surface area contributed by atoms with Crippen LogP contribution in [0.25, 0.3) is 10.9 Å². The van der Waals surface area contributed by atoms with E-state index in [2.05, 4.69) is 15.2 Å². The lowest BCUT2D eigenvalue weighted by Crippen LogP contribution is -1.70. The number of nitrogens with one attached hydrogen (secondary N) is 1. The van der Waals surface area contributed by atoms with Crippen molar-refractivity contribution in [2.75, 3.05) is 0 Å². The van der Waals surface area contributed by atoms with E-state index in [9.17, 15) is 0 Å². The summed E-state index contributed by atoms with van der Waals surface area (Å²) in [5.74, 6) is 0. The molecular formula is C7H8ClN3. The number of aromatic nitrogens is 3. The van der Waals surface area contributed by atoms with E-state index in [0.29, 0.717) is 0 Å². The lowest BCUT2D eigenvalue weighted by atomic mass is 10.3. The monoisotopic (exact) mass is 169 g/mol. The van der Waals surface area contributed by atoms with E-state index < -0.39 is 0 Å². The van der Waals surface area contributed by atoms with E-state index in [1.165, 1.54) is 0 Å². The van der Waals surface area contributed by atoms with Gasteiger partial charge in [0.1, 0.15) is 0 Å². The van der Waals surface area contributed by atoms with Crippen LogP contribution in [-0.2, 0) is 0 Å². The molecule has 3 nitrogen and oxygen atoms in total. The third-order valence-corrected chi connectivity index (χ3v) is 1.55. The third kappa shape index (κ3) is 1.19. The largest absolute Gasteiger partial charge is 0.282 e. The zero-order valence-electron chi connectivity index (χ0n) is 6.03. The van der Waals surface area contributed by atoms with E-state index in [0.717, 1.165) is 16.6 Å². The third-order valence-electron chi connectivity index (χ3n) is 1.55. The van der Waals surface area contributed by atoms with Gasteiger partial charge in [-0.1, -0.05) is 0 Å². The molecule has 2 rings (SSSR count). The van der Waals surface area contributed by atoms with Crippen molar-refractivity contribution in [2.45, 2.75) is 6.92 Å². The number of rotatable bonds is 0. The highest BCUT2D eigenvalue weighted by Crippen LogP contribution is 2.11. The van der Waals surface area contributed by atoms with Crippen LogP contribution in [0.5, 0.6) is 0 Å². The van der Waals surface area contributed by atoms with Crippen molar-refractivity contribution < 1.29 is 0 Å². The molecule has 0 amide bonds. The number of hydrogen-bond donors (Lipinski definition) is 1. The molecule has 58 valence electrons. The Kier molecular flexibility index (Phi) is 2.10. The molecule has 0 aromatic carbocycles. The average molecular weight is 170 g/mol. The van der Waals surface area contributed by atoms with Gasteiger partial charge < -0.3 is 0 Å². The zero-order chi connectivity index (χ0) is 6.97. The van der Waals surface area contributed by atoms with Crippen molar-refractivity contribution in [3.8, 4) is 0 Å². The number of pyridine rings is 1. The number of aryl methyl sites for hydroxylation is 1. The minimum Gasteiger partial charge on any atom is -0.282 e. The van der Waals surface area contributed by atoms with Crippen LogP contribution in [0.1, 0.15) is 5.69 Å². The molecule has 0 aliphatic heterocycles. The summed E-state index contributed by atoms with van der Waals surface area (Å²) in [7, 11) is 0. The molecule has 0 fully saturated rings. The number of hydrogen-bond acceptors (Lipinski definition) is 2. The Bertz CT molecular complexity index is 355. The van der Waals surface area contributed by atoms with Gasteiger partial charge in [-0.3, -0.25) is 10.1 Å². The Hall–Kier alpha value is -1.09. The minimum atomic E-state index is 0. The average Bonchev–Trinajstić information content (AvgIpc) is 2.34. The summed E-state index contributed by atoms with van der Waals surface area (Å²) in [5.41, 5.74) is 2.05. The number of aromatic amines is 1. The Labute approximate surface area is 70.2 Å². The summed E-state index contributed by atoms with van der Waals surface area (Å²) in [4.78, 5) is 3.99. The molecule has 4 heteroatoms. The maximum atomic E-state index is 4.05. The Morgan fingerprint density at radius 2 is 2.27 bits per heavy atom. The second-order valence-corrected chi connectivity index (χ2v) is 2.24. The molecule has 11 heavy (non-hydrogen) atoms. The van der Waals surface area contributed by atoms with Gasteiger partial charge in [-0.15, -0.1) is 12.4 Å². The van der Waals surface area contributed by atoms with Crippen LogP contribution in [0.3, 0.4) is 0 Å². The van der Waals surface area contributed by atoms with Crippen LogP contribution in [-0.4, -0.2) is 15.2 Å². The van der Waals surface area contributed by atoms with Gasteiger partial charge in [-0.05, 0) is 13.0 Å². The fourth-order valence-corrected chi connectivity index (χ4v) is 0.978. The molecule has 0 bridgehead atoms. The van der Waals surface area contributed by atoms with E-state index >= 15 is 0 Å². The fraction of sp³-hybridized carbons (Fsp3) is 0.143. The molecule has 0 aliphatic rings. The normalized spacial score (nSPS) is 9.55. The van der Waals surface area contributed by atoms with Gasteiger partial charge in [0.05, 0.1) is 5.52 Å². The molecule has 0 aliphatic carbocycles. The fourth-order valence-electron chi connectivity index (χ4n) is 0.978. The first-order chi connectivity index (χ1) is 4.88. The van der Waals surface area contributed by atoms with Gasteiger partial charge >= 0.3 is 0 Å². The number of fused-ring (bicyclic) bond motifs is 1. The number of halogens is 1. The van der Waals surface area contributed by atoms with E-state index in [1.54, 1.807) is 6.20 Å². The molecule has 0 saturated heterocycles. The maximum Gasteiger partial charge on any atom is 0.0954 e. The number of H-pyrrole nitrogens is 1. The first-order valence-corrected chi connectivity index (χ1v) is 3.12. The summed E-state index contributed by atoms with van der Waals surface area (Å²) in [6.07, 6.45) is 3.55. The summed E-state index contributed by atoms with van der Waals surface area (Å²) < 4.78 is 0. The SMILES string of the molecule is Cc1[nH]nc2ccncc12.Cl. The molecular weight excluding hydrogens is 162 g/mol. The molecule has 0 spiro atoms. The summed E-state index contributed by atoms with van der Waals surface area (Å²) in [6, 6.07) is 1.89. The van der Waals surface area contributed by atoms with Gasteiger partial charge in [-0.25, -0.2) is 0 Å². The van der Waals surface area contributed by atoms with Crippen LogP contribution in [0, 0.1) is 6.92 Å². The van der Waals surface area contributed by atoms with E-state index in [4.69, 9.17) is 0 Å². The van der Waals surface area contributed by atoms with E-state index in [-0.39, 0.29) is 12.4 Å². The van der Waals surface area contributed by atoms with Crippen molar-refractivity contribution >= 4 is 23.3 Å². The Balaban J connectivity index is 0.000000605. The van der Waals surface area contributed by atoms with Gasteiger partial charge in [0.2, 0.25) is 0 Å². The van der Waals surface area contributed by atoms with Crippen molar-refractivity contribution in [2.24, 2.45) is 0 Å². The Morgan fingerprint density at radius 1 is 1.45 bits per heavy atom.